The zero-order chi connectivity index (χ0) is 16.5. The average Bonchev–Trinajstić information content (AvgIpc) is 2.60. The Labute approximate surface area is 135 Å². The van der Waals surface area contributed by atoms with Crippen LogP contribution >= 0.6 is 0 Å². The minimum Gasteiger partial charge on any atom is -0.496 e. The number of rotatable bonds is 8. The highest BCUT2D eigenvalue weighted by Gasteiger charge is 2.07. The van der Waals surface area contributed by atoms with Gasteiger partial charge in [0.2, 0.25) is 0 Å². The van der Waals surface area contributed by atoms with E-state index in [2.05, 4.69) is 5.32 Å². The van der Waals surface area contributed by atoms with Crippen molar-refractivity contribution in [2.75, 3.05) is 20.3 Å². The predicted molar refractivity (Wildman–Crippen MR) is 87.0 cm³/mol. The third-order valence-electron chi connectivity index (χ3n) is 3.31. The third kappa shape index (κ3) is 4.85. The number of amides is 1. The lowest BCUT2D eigenvalue weighted by molar-refractivity contribution is -0.123. The smallest absolute Gasteiger partial charge is 0.257 e. The van der Waals surface area contributed by atoms with Crippen molar-refractivity contribution in [1.82, 2.24) is 5.32 Å². The molecular formula is C18H19NO4. The average molecular weight is 313 g/mol. The zero-order valence-corrected chi connectivity index (χ0v) is 13.0. The lowest BCUT2D eigenvalue weighted by Gasteiger charge is -2.10. The fraction of sp³-hybridized carbons (Fsp3) is 0.222. The van der Waals surface area contributed by atoms with Crippen LogP contribution in [0.25, 0.3) is 0 Å². The second-order valence-corrected chi connectivity index (χ2v) is 4.86. The molecule has 0 saturated heterocycles. The Bertz CT molecular complexity index is 670. The highest BCUT2D eigenvalue weighted by atomic mass is 16.5. The molecule has 2 rings (SSSR count). The topological polar surface area (TPSA) is 64.6 Å². The largest absolute Gasteiger partial charge is 0.496 e. The van der Waals surface area contributed by atoms with Crippen LogP contribution < -0.4 is 14.8 Å². The number of aldehydes is 1. The summed E-state index contributed by atoms with van der Waals surface area (Å²) < 4.78 is 10.6. The summed E-state index contributed by atoms with van der Waals surface area (Å²) in [5.74, 6) is 0.973. The molecule has 5 nitrogen and oxygen atoms in total. The molecule has 0 atom stereocenters. The molecule has 0 heterocycles. The van der Waals surface area contributed by atoms with Crippen LogP contribution in [-0.4, -0.2) is 32.5 Å². The van der Waals surface area contributed by atoms with Crippen LogP contribution in [-0.2, 0) is 11.2 Å². The van der Waals surface area contributed by atoms with Gasteiger partial charge in [-0.25, -0.2) is 0 Å². The van der Waals surface area contributed by atoms with E-state index in [0.717, 1.165) is 11.3 Å². The zero-order valence-electron chi connectivity index (χ0n) is 13.0. The molecule has 23 heavy (non-hydrogen) atoms. The Morgan fingerprint density at radius 1 is 1.09 bits per heavy atom. The standard InChI is InChI=1S/C18H19NO4/c1-22-16-8-4-2-6-14(16)10-11-19-18(21)13-23-17-9-5-3-7-15(17)12-20/h2-9,12H,10-11,13H2,1H3,(H,19,21). The van der Waals surface area contributed by atoms with E-state index < -0.39 is 0 Å². The van der Waals surface area contributed by atoms with Crippen LogP contribution in [0.5, 0.6) is 11.5 Å². The Balaban J connectivity index is 1.78. The molecule has 1 N–H and O–H groups in total. The van der Waals surface area contributed by atoms with Crippen LogP contribution in [0.2, 0.25) is 0 Å². The molecule has 0 aromatic heterocycles. The summed E-state index contributed by atoms with van der Waals surface area (Å²) in [6.07, 6.45) is 1.37. The van der Waals surface area contributed by atoms with Crippen molar-refractivity contribution >= 4 is 12.2 Å². The SMILES string of the molecule is COc1ccccc1CCNC(=O)COc1ccccc1C=O. The predicted octanol–water partition coefficient (Wildman–Crippen LogP) is 2.25. The molecular weight excluding hydrogens is 294 g/mol. The van der Waals surface area contributed by atoms with E-state index in [4.69, 9.17) is 9.47 Å². The van der Waals surface area contributed by atoms with Gasteiger partial charge in [-0.2, -0.15) is 0 Å². The van der Waals surface area contributed by atoms with Gasteiger partial charge in [-0.3, -0.25) is 9.59 Å². The van der Waals surface area contributed by atoms with Gasteiger partial charge in [-0.15, -0.1) is 0 Å². The number of nitrogens with one attached hydrogen (secondary N) is 1. The molecule has 0 radical (unpaired) electrons. The van der Waals surface area contributed by atoms with Crippen LogP contribution in [0.4, 0.5) is 0 Å². The lowest BCUT2D eigenvalue weighted by atomic mass is 10.1. The summed E-state index contributed by atoms with van der Waals surface area (Å²) in [4.78, 5) is 22.7. The number of hydrogen-bond acceptors (Lipinski definition) is 4. The Morgan fingerprint density at radius 2 is 1.78 bits per heavy atom. The number of carbonyl (C=O) groups is 2. The van der Waals surface area contributed by atoms with Gasteiger partial charge in [-0.05, 0) is 30.2 Å². The molecule has 0 aliphatic rings. The number of carbonyl (C=O) groups excluding carboxylic acids is 2. The van der Waals surface area contributed by atoms with Crippen molar-refractivity contribution in [3.05, 3.63) is 59.7 Å². The summed E-state index contributed by atoms with van der Waals surface area (Å²) in [6.45, 7) is 0.356. The van der Waals surface area contributed by atoms with Crippen molar-refractivity contribution in [2.24, 2.45) is 0 Å². The summed E-state index contributed by atoms with van der Waals surface area (Å²) >= 11 is 0. The molecule has 0 saturated carbocycles. The van der Waals surface area contributed by atoms with E-state index in [1.807, 2.05) is 24.3 Å². The fourth-order valence-electron chi connectivity index (χ4n) is 2.15. The molecule has 0 bridgehead atoms. The third-order valence-corrected chi connectivity index (χ3v) is 3.31. The molecule has 2 aromatic rings. The molecule has 120 valence electrons. The molecule has 0 aliphatic carbocycles. The molecule has 0 fully saturated rings. The fourth-order valence-corrected chi connectivity index (χ4v) is 2.15. The van der Waals surface area contributed by atoms with E-state index in [0.29, 0.717) is 30.6 Å². The molecule has 0 spiro atoms. The van der Waals surface area contributed by atoms with Gasteiger partial charge in [-0.1, -0.05) is 30.3 Å². The summed E-state index contributed by atoms with van der Waals surface area (Å²) in [5.41, 5.74) is 1.46. The molecule has 5 heteroatoms. The Kier molecular flexibility index (Phi) is 6.17. The molecule has 0 aliphatic heterocycles. The minimum atomic E-state index is -0.236. The highest BCUT2D eigenvalue weighted by Crippen LogP contribution is 2.17. The Morgan fingerprint density at radius 3 is 2.52 bits per heavy atom. The van der Waals surface area contributed by atoms with Crippen molar-refractivity contribution in [2.45, 2.75) is 6.42 Å². The molecule has 2 aromatic carbocycles. The van der Waals surface area contributed by atoms with Crippen LogP contribution in [0.3, 0.4) is 0 Å². The molecule has 0 unspecified atom stereocenters. The maximum Gasteiger partial charge on any atom is 0.257 e. The van der Waals surface area contributed by atoms with Gasteiger partial charge in [0.15, 0.2) is 12.9 Å². The first-order valence-corrected chi connectivity index (χ1v) is 7.30. The summed E-state index contributed by atoms with van der Waals surface area (Å²) in [6, 6.07) is 14.5. The quantitative estimate of drug-likeness (QED) is 0.759. The lowest BCUT2D eigenvalue weighted by Crippen LogP contribution is -2.30. The second kappa shape index (κ2) is 8.58. The first-order valence-electron chi connectivity index (χ1n) is 7.30. The van der Waals surface area contributed by atoms with Gasteiger partial charge in [0.1, 0.15) is 11.5 Å². The van der Waals surface area contributed by atoms with Crippen molar-refractivity contribution < 1.29 is 19.1 Å². The van der Waals surface area contributed by atoms with Gasteiger partial charge >= 0.3 is 0 Å². The summed E-state index contributed by atoms with van der Waals surface area (Å²) in [7, 11) is 1.62. The summed E-state index contributed by atoms with van der Waals surface area (Å²) in [5, 5.41) is 2.78. The molecule has 1 amide bonds. The van der Waals surface area contributed by atoms with Crippen molar-refractivity contribution in [1.29, 1.82) is 0 Å². The van der Waals surface area contributed by atoms with Crippen molar-refractivity contribution in [3.8, 4) is 11.5 Å². The van der Waals surface area contributed by atoms with Crippen LogP contribution in [0.15, 0.2) is 48.5 Å². The number of hydrogen-bond donors (Lipinski definition) is 1. The Hall–Kier alpha value is -2.82. The van der Waals surface area contributed by atoms with E-state index in [1.165, 1.54) is 0 Å². The van der Waals surface area contributed by atoms with Crippen molar-refractivity contribution in [3.63, 3.8) is 0 Å². The van der Waals surface area contributed by atoms with Gasteiger partial charge in [0, 0.05) is 6.54 Å². The maximum atomic E-state index is 11.8. The first-order chi connectivity index (χ1) is 11.2. The number of benzene rings is 2. The van der Waals surface area contributed by atoms with E-state index in [1.54, 1.807) is 31.4 Å². The van der Waals surface area contributed by atoms with E-state index >= 15 is 0 Å². The maximum absolute atomic E-state index is 11.8. The second-order valence-electron chi connectivity index (χ2n) is 4.86. The van der Waals surface area contributed by atoms with Gasteiger partial charge in [0.25, 0.3) is 5.91 Å². The number of methoxy groups -OCH3 is 1. The number of ether oxygens (including phenoxy) is 2. The highest BCUT2D eigenvalue weighted by molar-refractivity contribution is 5.80. The van der Waals surface area contributed by atoms with E-state index in [9.17, 15) is 9.59 Å². The number of para-hydroxylation sites is 2. The van der Waals surface area contributed by atoms with E-state index in [-0.39, 0.29) is 12.5 Å². The van der Waals surface area contributed by atoms with Gasteiger partial charge < -0.3 is 14.8 Å². The minimum absolute atomic E-state index is 0.128. The van der Waals surface area contributed by atoms with Crippen LogP contribution in [0, 0.1) is 0 Å². The van der Waals surface area contributed by atoms with Gasteiger partial charge in [0.05, 0.1) is 12.7 Å². The first kappa shape index (κ1) is 16.5. The van der Waals surface area contributed by atoms with Crippen LogP contribution in [0.1, 0.15) is 15.9 Å². The normalized spacial score (nSPS) is 9.96. The monoisotopic (exact) mass is 313 g/mol.